The molecule has 0 fully saturated rings. The summed E-state index contributed by atoms with van der Waals surface area (Å²) in [7, 11) is 0. The van der Waals surface area contributed by atoms with Crippen LogP contribution in [0.1, 0.15) is 19.4 Å². The molecule has 1 aromatic rings. The van der Waals surface area contributed by atoms with Crippen LogP contribution in [0.4, 0.5) is 0 Å². The Morgan fingerprint density at radius 1 is 1.14 bits per heavy atom. The summed E-state index contributed by atoms with van der Waals surface area (Å²) < 4.78 is 15.1. The molecule has 0 saturated carbocycles. The fraction of sp³-hybridized carbons (Fsp3) is 0.467. The molecule has 1 aromatic carbocycles. The molecule has 21 heavy (non-hydrogen) atoms. The molecule has 0 radical (unpaired) electrons. The first-order chi connectivity index (χ1) is 10.1. The number of carbonyl (C=O) groups excluding carboxylic acids is 2. The number of esters is 2. The van der Waals surface area contributed by atoms with Crippen molar-refractivity contribution in [2.45, 2.75) is 26.4 Å². The summed E-state index contributed by atoms with van der Waals surface area (Å²) in [5.41, 5.74) is 6.46. The quantitative estimate of drug-likeness (QED) is 0.570. The Kier molecular flexibility index (Phi) is 7.25. The average Bonchev–Trinajstić information content (AvgIpc) is 2.46. The minimum atomic E-state index is -1.42. The lowest BCUT2D eigenvalue weighted by Gasteiger charge is -2.16. The van der Waals surface area contributed by atoms with E-state index < -0.39 is 18.0 Å². The van der Waals surface area contributed by atoms with Gasteiger partial charge in [-0.2, -0.15) is 0 Å². The lowest BCUT2D eigenvalue weighted by atomic mass is 10.1. The summed E-state index contributed by atoms with van der Waals surface area (Å²) in [5, 5.41) is 0. The number of benzene rings is 1. The van der Waals surface area contributed by atoms with Gasteiger partial charge in [0, 0.05) is 0 Å². The van der Waals surface area contributed by atoms with Gasteiger partial charge in [-0.25, -0.2) is 9.59 Å². The molecule has 0 aliphatic heterocycles. The number of hydrogen-bond acceptors (Lipinski definition) is 6. The maximum absolute atomic E-state index is 11.8. The Labute approximate surface area is 124 Å². The fourth-order valence-electron chi connectivity index (χ4n) is 1.71. The molecule has 2 N–H and O–H groups in total. The molecule has 116 valence electrons. The zero-order valence-corrected chi connectivity index (χ0v) is 12.3. The van der Waals surface area contributed by atoms with Gasteiger partial charge < -0.3 is 19.9 Å². The number of ether oxygens (including phenoxy) is 3. The normalized spacial score (nSPS) is 10.3. The zero-order valence-electron chi connectivity index (χ0n) is 12.3. The van der Waals surface area contributed by atoms with E-state index in [1.54, 1.807) is 32.0 Å². The van der Waals surface area contributed by atoms with E-state index in [0.29, 0.717) is 18.7 Å². The average molecular weight is 295 g/mol. The van der Waals surface area contributed by atoms with Crippen LogP contribution in [0.25, 0.3) is 0 Å². The number of rotatable bonds is 8. The first kappa shape index (κ1) is 17.0. The van der Waals surface area contributed by atoms with Crippen LogP contribution in [-0.2, 0) is 25.5 Å². The van der Waals surface area contributed by atoms with E-state index in [-0.39, 0.29) is 13.2 Å². The third kappa shape index (κ3) is 5.43. The predicted molar refractivity (Wildman–Crippen MR) is 76.9 cm³/mol. The fourth-order valence-corrected chi connectivity index (χ4v) is 1.71. The highest BCUT2D eigenvalue weighted by molar-refractivity contribution is 5.98. The maximum Gasteiger partial charge on any atom is 0.359 e. The highest BCUT2D eigenvalue weighted by atomic mass is 16.6. The van der Waals surface area contributed by atoms with Crippen LogP contribution >= 0.6 is 0 Å². The van der Waals surface area contributed by atoms with E-state index >= 15 is 0 Å². The maximum atomic E-state index is 11.8. The monoisotopic (exact) mass is 295 g/mol. The smallest absolute Gasteiger partial charge is 0.359 e. The third-order valence-corrected chi connectivity index (χ3v) is 2.59. The molecule has 0 amide bonds. The second kappa shape index (κ2) is 8.97. The molecular formula is C15H21NO5. The number of carbonyl (C=O) groups is 2. The van der Waals surface area contributed by atoms with Crippen molar-refractivity contribution in [3.63, 3.8) is 0 Å². The SMILES string of the molecule is CCOC(=O)C(Oc1cccc(CCN)c1)C(=O)OCC. The molecule has 0 atom stereocenters. The standard InChI is InChI=1S/C15H21NO5/c1-3-19-14(17)13(15(18)20-4-2)21-12-7-5-6-11(10-12)8-9-16/h5-7,10,13H,3-4,8-9,16H2,1-2H3. The number of nitrogens with two attached hydrogens (primary N) is 1. The number of hydrogen-bond donors (Lipinski definition) is 1. The minimum absolute atomic E-state index is 0.158. The van der Waals surface area contributed by atoms with Crippen LogP contribution in [0.2, 0.25) is 0 Å². The molecule has 0 bridgehead atoms. The molecule has 0 saturated heterocycles. The van der Waals surface area contributed by atoms with Gasteiger partial charge in [0.05, 0.1) is 13.2 Å². The van der Waals surface area contributed by atoms with E-state index in [0.717, 1.165) is 5.56 Å². The summed E-state index contributed by atoms with van der Waals surface area (Å²) >= 11 is 0. The topological polar surface area (TPSA) is 87.9 Å². The molecule has 0 spiro atoms. The molecule has 0 unspecified atom stereocenters. The lowest BCUT2D eigenvalue weighted by Crippen LogP contribution is -2.38. The molecule has 1 rings (SSSR count). The molecule has 0 aliphatic rings. The van der Waals surface area contributed by atoms with Gasteiger partial charge in [-0.1, -0.05) is 12.1 Å². The van der Waals surface area contributed by atoms with Crippen molar-refractivity contribution in [2.24, 2.45) is 5.73 Å². The summed E-state index contributed by atoms with van der Waals surface area (Å²) in [6, 6.07) is 7.06. The first-order valence-electron chi connectivity index (χ1n) is 6.91. The minimum Gasteiger partial charge on any atom is -0.467 e. The largest absolute Gasteiger partial charge is 0.467 e. The van der Waals surface area contributed by atoms with Crippen molar-refractivity contribution in [2.75, 3.05) is 19.8 Å². The van der Waals surface area contributed by atoms with Crippen molar-refractivity contribution in [1.82, 2.24) is 0 Å². The van der Waals surface area contributed by atoms with Gasteiger partial charge in [0.1, 0.15) is 5.75 Å². The Hall–Kier alpha value is -2.08. The summed E-state index contributed by atoms with van der Waals surface area (Å²) in [6.07, 6.45) is -0.737. The van der Waals surface area contributed by atoms with Crippen LogP contribution in [0.15, 0.2) is 24.3 Å². The molecule has 0 heterocycles. The Bertz CT molecular complexity index is 457. The van der Waals surface area contributed by atoms with Crippen LogP contribution < -0.4 is 10.5 Å². The van der Waals surface area contributed by atoms with Crippen molar-refractivity contribution < 1.29 is 23.8 Å². The van der Waals surface area contributed by atoms with E-state index in [9.17, 15) is 9.59 Å². The van der Waals surface area contributed by atoms with E-state index in [4.69, 9.17) is 19.9 Å². The van der Waals surface area contributed by atoms with E-state index in [1.165, 1.54) is 0 Å². The van der Waals surface area contributed by atoms with Crippen LogP contribution in [0.5, 0.6) is 5.75 Å². The van der Waals surface area contributed by atoms with Gasteiger partial charge >= 0.3 is 11.9 Å². The second-order valence-corrected chi connectivity index (χ2v) is 4.19. The van der Waals surface area contributed by atoms with Gasteiger partial charge in [-0.05, 0) is 44.5 Å². The summed E-state index contributed by atoms with van der Waals surface area (Å²) in [6.45, 7) is 4.13. The van der Waals surface area contributed by atoms with Gasteiger partial charge in [-0.15, -0.1) is 0 Å². The summed E-state index contributed by atoms with van der Waals surface area (Å²) in [4.78, 5) is 23.6. The molecule has 6 nitrogen and oxygen atoms in total. The van der Waals surface area contributed by atoms with Gasteiger partial charge in [-0.3, -0.25) is 0 Å². The van der Waals surface area contributed by atoms with Gasteiger partial charge in [0.2, 0.25) is 0 Å². The molecule has 0 aromatic heterocycles. The van der Waals surface area contributed by atoms with Crippen LogP contribution in [-0.4, -0.2) is 37.8 Å². The molecule has 6 heteroatoms. The van der Waals surface area contributed by atoms with Crippen molar-refractivity contribution in [3.8, 4) is 5.75 Å². The van der Waals surface area contributed by atoms with E-state index in [2.05, 4.69) is 0 Å². The lowest BCUT2D eigenvalue weighted by molar-refractivity contribution is -0.166. The van der Waals surface area contributed by atoms with Crippen molar-refractivity contribution in [1.29, 1.82) is 0 Å². The highest BCUT2D eigenvalue weighted by Gasteiger charge is 2.31. The summed E-state index contributed by atoms with van der Waals surface area (Å²) in [5.74, 6) is -1.13. The second-order valence-electron chi connectivity index (χ2n) is 4.19. The highest BCUT2D eigenvalue weighted by Crippen LogP contribution is 2.16. The Balaban J connectivity index is 2.86. The van der Waals surface area contributed by atoms with Crippen LogP contribution in [0.3, 0.4) is 0 Å². The molecule has 0 aliphatic carbocycles. The van der Waals surface area contributed by atoms with E-state index in [1.807, 2.05) is 6.07 Å². The third-order valence-electron chi connectivity index (χ3n) is 2.59. The van der Waals surface area contributed by atoms with Crippen molar-refractivity contribution in [3.05, 3.63) is 29.8 Å². The molecular weight excluding hydrogens is 274 g/mol. The van der Waals surface area contributed by atoms with Gasteiger partial charge in [0.15, 0.2) is 0 Å². The zero-order chi connectivity index (χ0) is 15.7. The first-order valence-corrected chi connectivity index (χ1v) is 6.91. The Morgan fingerprint density at radius 3 is 2.29 bits per heavy atom. The predicted octanol–water partition coefficient (Wildman–Crippen LogP) is 1.06. The Morgan fingerprint density at radius 2 is 1.76 bits per heavy atom. The van der Waals surface area contributed by atoms with Gasteiger partial charge in [0.25, 0.3) is 6.10 Å². The van der Waals surface area contributed by atoms with Crippen molar-refractivity contribution >= 4 is 11.9 Å². The van der Waals surface area contributed by atoms with Crippen LogP contribution in [0, 0.1) is 0 Å².